The summed E-state index contributed by atoms with van der Waals surface area (Å²) in [6.07, 6.45) is 8.56. The summed E-state index contributed by atoms with van der Waals surface area (Å²) in [5, 5.41) is 6.25. The van der Waals surface area contributed by atoms with E-state index in [9.17, 15) is 4.79 Å². The molecule has 0 saturated heterocycles. The molecule has 0 aromatic carbocycles. The number of hydrogen-bond donors (Lipinski definition) is 2. The summed E-state index contributed by atoms with van der Waals surface area (Å²) in [5.41, 5.74) is 0.951. The molecule has 24 heavy (non-hydrogen) atoms. The topological polar surface area (TPSA) is 81.1 Å². The molecule has 126 valence electrons. The number of aromatic nitrogens is 3. The van der Waals surface area contributed by atoms with Crippen LogP contribution < -0.4 is 20.9 Å². The number of nitrogens with one attached hydrogen (secondary N) is 2. The molecule has 0 amide bonds. The first-order valence-corrected chi connectivity index (χ1v) is 8.35. The van der Waals surface area contributed by atoms with Gasteiger partial charge in [0.15, 0.2) is 0 Å². The average molecular weight is 327 g/mol. The second-order valence-electron chi connectivity index (χ2n) is 6.41. The lowest BCUT2D eigenvalue weighted by Crippen LogP contribution is -2.18. The van der Waals surface area contributed by atoms with Crippen molar-refractivity contribution in [2.24, 2.45) is 5.92 Å². The maximum absolute atomic E-state index is 12.0. The summed E-state index contributed by atoms with van der Waals surface area (Å²) in [7, 11) is 1.80. The number of rotatable bonds is 7. The van der Waals surface area contributed by atoms with Gasteiger partial charge in [0, 0.05) is 43.5 Å². The minimum absolute atomic E-state index is 0.0750. The van der Waals surface area contributed by atoms with Crippen LogP contribution in [0.3, 0.4) is 0 Å². The fourth-order valence-corrected chi connectivity index (χ4v) is 2.74. The molecule has 7 nitrogen and oxygen atoms in total. The van der Waals surface area contributed by atoms with Gasteiger partial charge in [-0.15, -0.1) is 0 Å². The van der Waals surface area contributed by atoms with Crippen LogP contribution >= 0.6 is 0 Å². The lowest BCUT2D eigenvalue weighted by atomic mass is 10.3. The average Bonchev–Trinajstić information content (AvgIpc) is 3.50. The van der Waals surface area contributed by atoms with E-state index in [0.717, 1.165) is 37.3 Å². The molecule has 0 bridgehead atoms. The van der Waals surface area contributed by atoms with E-state index in [2.05, 4.69) is 20.6 Å². The van der Waals surface area contributed by atoms with Gasteiger partial charge in [-0.25, -0.2) is 9.97 Å². The Morgan fingerprint density at radius 1 is 1.33 bits per heavy atom. The van der Waals surface area contributed by atoms with Crippen molar-refractivity contribution in [3.05, 3.63) is 41.1 Å². The van der Waals surface area contributed by atoms with E-state index in [1.165, 1.54) is 0 Å². The van der Waals surface area contributed by atoms with Crippen LogP contribution in [-0.2, 0) is 0 Å². The number of hydrogen-bond acceptors (Lipinski definition) is 6. The standard InChI is InChI=1S/C17H21N5O2/c1-18-15-9-21-16(10-20-15)24-14-6-11(14)8-19-12-4-5-22(13-2-3-13)17(23)7-12/h4-5,7,9-11,13-14,19H,2-3,6,8H2,1H3,(H,18,20). The van der Waals surface area contributed by atoms with E-state index in [4.69, 9.17) is 4.74 Å². The fraction of sp³-hybridized carbons (Fsp3) is 0.471. The molecule has 2 atom stereocenters. The molecule has 7 heteroatoms. The second-order valence-corrected chi connectivity index (χ2v) is 6.41. The van der Waals surface area contributed by atoms with Crippen LogP contribution in [0.25, 0.3) is 0 Å². The molecule has 2 aromatic heterocycles. The van der Waals surface area contributed by atoms with Crippen LogP contribution in [0.1, 0.15) is 25.3 Å². The van der Waals surface area contributed by atoms with Gasteiger partial charge >= 0.3 is 0 Å². The van der Waals surface area contributed by atoms with Gasteiger partial charge < -0.3 is 19.9 Å². The molecule has 0 radical (unpaired) electrons. The molecular weight excluding hydrogens is 306 g/mol. The first-order valence-electron chi connectivity index (χ1n) is 8.35. The zero-order chi connectivity index (χ0) is 16.5. The van der Waals surface area contributed by atoms with Gasteiger partial charge in [-0.3, -0.25) is 4.79 Å². The minimum atomic E-state index is 0.0750. The first-order chi connectivity index (χ1) is 11.7. The van der Waals surface area contributed by atoms with E-state index >= 15 is 0 Å². The highest BCUT2D eigenvalue weighted by Crippen LogP contribution is 2.35. The predicted molar refractivity (Wildman–Crippen MR) is 91.6 cm³/mol. The van der Waals surface area contributed by atoms with E-state index in [0.29, 0.717) is 17.8 Å². The van der Waals surface area contributed by atoms with E-state index in [1.807, 2.05) is 16.8 Å². The van der Waals surface area contributed by atoms with Crippen molar-refractivity contribution in [2.45, 2.75) is 31.4 Å². The van der Waals surface area contributed by atoms with Crippen LogP contribution in [0.2, 0.25) is 0 Å². The maximum atomic E-state index is 12.0. The van der Waals surface area contributed by atoms with E-state index in [1.54, 1.807) is 25.5 Å². The van der Waals surface area contributed by atoms with Gasteiger partial charge in [-0.05, 0) is 25.3 Å². The molecule has 2 unspecified atom stereocenters. The zero-order valence-electron chi connectivity index (χ0n) is 13.6. The zero-order valence-corrected chi connectivity index (χ0v) is 13.6. The Bertz CT molecular complexity index is 769. The Hall–Kier alpha value is -2.57. The van der Waals surface area contributed by atoms with Crippen LogP contribution in [0.4, 0.5) is 11.5 Å². The van der Waals surface area contributed by atoms with Crippen molar-refractivity contribution in [2.75, 3.05) is 24.2 Å². The normalized spacial score (nSPS) is 22.0. The van der Waals surface area contributed by atoms with E-state index in [-0.39, 0.29) is 11.7 Å². The summed E-state index contributed by atoms with van der Waals surface area (Å²) < 4.78 is 7.62. The highest BCUT2D eigenvalue weighted by molar-refractivity contribution is 5.41. The summed E-state index contributed by atoms with van der Waals surface area (Å²) >= 11 is 0. The third-order valence-electron chi connectivity index (χ3n) is 4.47. The summed E-state index contributed by atoms with van der Waals surface area (Å²) in [4.78, 5) is 20.4. The van der Waals surface area contributed by atoms with Gasteiger partial charge in [-0.1, -0.05) is 0 Å². The highest BCUT2D eigenvalue weighted by Gasteiger charge is 2.39. The van der Waals surface area contributed by atoms with Crippen LogP contribution in [-0.4, -0.2) is 34.2 Å². The number of nitrogens with zero attached hydrogens (tertiary/aromatic N) is 3. The highest BCUT2D eigenvalue weighted by atomic mass is 16.5. The van der Waals surface area contributed by atoms with E-state index < -0.39 is 0 Å². The Kier molecular flexibility index (Phi) is 3.84. The maximum Gasteiger partial charge on any atom is 0.252 e. The Labute approximate surface area is 140 Å². The molecule has 2 aromatic rings. The molecule has 2 fully saturated rings. The molecule has 0 aliphatic heterocycles. The fourth-order valence-electron chi connectivity index (χ4n) is 2.74. The molecule has 2 aliphatic carbocycles. The quantitative estimate of drug-likeness (QED) is 0.808. The van der Waals surface area contributed by atoms with Crippen molar-refractivity contribution < 1.29 is 4.74 Å². The predicted octanol–water partition coefficient (Wildman–Crippen LogP) is 1.89. The monoisotopic (exact) mass is 327 g/mol. The second kappa shape index (κ2) is 6.14. The van der Waals surface area contributed by atoms with Crippen LogP contribution in [0.5, 0.6) is 5.88 Å². The molecule has 2 aliphatic rings. The SMILES string of the molecule is CNc1cnc(OC2CC2CNc2ccn(C3CC3)c(=O)c2)cn1. The number of anilines is 2. The molecule has 4 rings (SSSR count). The third-order valence-corrected chi connectivity index (χ3v) is 4.47. The largest absolute Gasteiger partial charge is 0.473 e. The Morgan fingerprint density at radius 2 is 2.21 bits per heavy atom. The molecule has 2 heterocycles. The van der Waals surface area contributed by atoms with Crippen molar-refractivity contribution in [3.8, 4) is 5.88 Å². The van der Waals surface area contributed by atoms with Gasteiger partial charge in [-0.2, -0.15) is 0 Å². The van der Waals surface area contributed by atoms with Crippen molar-refractivity contribution in [1.82, 2.24) is 14.5 Å². The molecular formula is C17H21N5O2. The molecule has 2 N–H and O–H groups in total. The summed E-state index contributed by atoms with van der Waals surface area (Å²) in [6, 6.07) is 4.07. The summed E-state index contributed by atoms with van der Waals surface area (Å²) in [6.45, 7) is 0.791. The van der Waals surface area contributed by atoms with Gasteiger partial charge in [0.1, 0.15) is 11.9 Å². The summed E-state index contributed by atoms with van der Waals surface area (Å²) in [5.74, 6) is 1.70. The van der Waals surface area contributed by atoms with Gasteiger partial charge in [0.25, 0.3) is 5.56 Å². The minimum Gasteiger partial charge on any atom is -0.473 e. The number of pyridine rings is 1. The van der Waals surface area contributed by atoms with Crippen molar-refractivity contribution >= 4 is 11.5 Å². The smallest absolute Gasteiger partial charge is 0.252 e. The lowest BCUT2D eigenvalue weighted by Gasteiger charge is -2.09. The Balaban J connectivity index is 1.27. The van der Waals surface area contributed by atoms with Crippen LogP contribution in [0.15, 0.2) is 35.5 Å². The van der Waals surface area contributed by atoms with Gasteiger partial charge in [0.05, 0.1) is 12.4 Å². The first kappa shape index (κ1) is 15.0. The van der Waals surface area contributed by atoms with Crippen molar-refractivity contribution in [3.63, 3.8) is 0 Å². The van der Waals surface area contributed by atoms with Gasteiger partial charge in [0.2, 0.25) is 5.88 Å². The van der Waals surface area contributed by atoms with Crippen LogP contribution in [0, 0.1) is 5.92 Å². The number of ether oxygens (including phenoxy) is 1. The van der Waals surface area contributed by atoms with Crippen molar-refractivity contribution in [1.29, 1.82) is 0 Å². The Morgan fingerprint density at radius 3 is 2.88 bits per heavy atom. The third kappa shape index (κ3) is 3.34. The molecule has 0 spiro atoms. The lowest BCUT2D eigenvalue weighted by molar-refractivity contribution is 0.274. The molecule has 2 saturated carbocycles.